The van der Waals surface area contributed by atoms with E-state index >= 15 is 0 Å². The predicted octanol–water partition coefficient (Wildman–Crippen LogP) is 4.90. The van der Waals surface area contributed by atoms with Gasteiger partial charge in [0.15, 0.2) is 0 Å². The highest BCUT2D eigenvalue weighted by Gasteiger charge is 2.15. The van der Waals surface area contributed by atoms with Crippen molar-refractivity contribution in [2.45, 2.75) is 0 Å². The van der Waals surface area contributed by atoms with Gasteiger partial charge >= 0.3 is 0 Å². The number of nitrogens with zero attached hydrogens (tertiary/aromatic N) is 1. The highest BCUT2D eigenvalue weighted by Crippen LogP contribution is 2.28. The lowest BCUT2D eigenvalue weighted by Gasteiger charge is -2.12. The lowest BCUT2D eigenvalue weighted by molar-refractivity contribution is 0.102. The molecule has 0 radical (unpaired) electrons. The molecule has 0 saturated carbocycles. The van der Waals surface area contributed by atoms with Crippen LogP contribution in [0.15, 0.2) is 71.3 Å². The number of anilines is 1. The van der Waals surface area contributed by atoms with E-state index < -0.39 is 0 Å². The average molecular weight is 399 g/mol. The molecule has 0 aliphatic carbocycles. The minimum absolute atomic E-state index is 0.295. The van der Waals surface area contributed by atoms with Gasteiger partial charge in [-0.25, -0.2) is 4.98 Å². The van der Waals surface area contributed by atoms with E-state index in [0.717, 1.165) is 0 Å². The Morgan fingerprint density at radius 1 is 1.04 bits per heavy atom. The Balaban J connectivity index is 1.85. The molecule has 0 aliphatic heterocycles. The topological polar surface area (TPSA) is 60.5 Å². The van der Waals surface area contributed by atoms with Crippen molar-refractivity contribution < 1.29 is 14.3 Å². The second-order valence-corrected chi connectivity index (χ2v) is 5.93. The molecule has 6 heteroatoms. The fraction of sp³-hybridized carbons (Fsp3) is 0.0526. The van der Waals surface area contributed by atoms with Crippen LogP contribution in [0.3, 0.4) is 0 Å². The molecule has 1 N–H and O–H groups in total. The fourth-order valence-corrected chi connectivity index (χ4v) is 2.59. The quantitative estimate of drug-likeness (QED) is 0.663. The molecule has 3 rings (SSSR count). The average Bonchev–Trinajstić information content (AvgIpc) is 2.64. The Hall–Kier alpha value is -2.86. The van der Waals surface area contributed by atoms with E-state index in [1.165, 1.54) is 0 Å². The summed E-state index contributed by atoms with van der Waals surface area (Å²) in [6.07, 6.45) is 1.61. The number of carbonyl (C=O) groups excluding carboxylic acids is 1. The standard InChI is InChI=1S/C19H15BrN2O3/c1-24-14-9-10-16(20)15(12-14)18(23)22-17-8-5-11-21-19(17)25-13-6-3-2-4-7-13/h2-12H,1H3,(H,22,23). The third kappa shape index (κ3) is 4.16. The third-order valence-corrected chi connectivity index (χ3v) is 4.09. The van der Waals surface area contributed by atoms with Gasteiger partial charge in [0.1, 0.15) is 17.2 Å². The molecule has 126 valence electrons. The summed E-state index contributed by atoms with van der Waals surface area (Å²) in [5.74, 6) is 1.26. The number of benzene rings is 2. The van der Waals surface area contributed by atoms with Gasteiger partial charge in [0.2, 0.25) is 5.88 Å². The number of carbonyl (C=O) groups is 1. The number of rotatable bonds is 5. The molecular weight excluding hydrogens is 384 g/mol. The number of para-hydroxylation sites is 1. The van der Waals surface area contributed by atoms with Crippen LogP contribution < -0.4 is 14.8 Å². The summed E-state index contributed by atoms with van der Waals surface area (Å²) in [7, 11) is 1.55. The molecule has 25 heavy (non-hydrogen) atoms. The zero-order chi connectivity index (χ0) is 17.6. The van der Waals surface area contributed by atoms with Crippen LogP contribution in [-0.2, 0) is 0 Å². The summed E-state index contributed by atoms with van der Waals surface area (Å²) in [6.45, 7) is 0. The number of methoxy groups -OCH3 is 1. The first-order valence-corrected chi connectivity index (χ1v) is 8.29. The van der Waals surface area contributed by atoms with E-state index in [2.05, 4.69) is 26.2 Å². The van der Waals surface area contributed by atoms with Crippen molar-refractivity contribution in [2.24, 2.45) is 0 Å². The predicted molar refractivity (Wildman–Crippen MR) is 99.4 cm³/mol. The second-order valence-electron chi connectivity index (χ2n) is 5.07. The molecule has 0 atom stereocenters. The SMILES string of the molecule is COc1ccc(Br)c(C(=O)Nc2cccnc2Oc2ccccc2)c1. The van der Waals surface area contributed by atoms with Crippen molar-refractivity contribution in [1.29, 1.82) is 0 Å². The van der Waals surface area contributed by atoms with Gasteiger partial charge in [-0.05, 0) is 58.4 Å². The Kier molecular flexibility index (Phi) is 5.30. The smallest absolute Gasteiger partial charge is 0.257 e. The van der Waals surface area contributed by atoms with Crippen LogP contribution in [0.25, 0.3) is 0 Å². The molecule has 1 amide bonds. The summed E-state index contributed by atoms with van der Waals surface area (Å²) in [5, 5.41) is 2.83. The van der Waals surface area contributed by atoms with E-state index in [-0.39, 0.29) is 5.91 Å². The van der Waals surface area contributed by atoms with Crippen LogP contribution in [-0.4, -0.2) is 18.0 Å². The van der Waals surface area contributed by atoms with Crippen molar-refractivity contribution in [1.82, 2.24) is 4.98 Å². The lowest BCUT2D eigenvalue weighted by Crippen LogP contribution is -2.13. The molecular formula is C19H15BrN2O3. The molecule has 0 saturated heterocycles. The number of pyridine rings is 1. The monoisotopic (exact) mass is 398 g/mol. The maximum Gasteiger partial charge on any atom is 0.257 e. The molecule has 0 bridgehead atoms. The fourth-order valence-electron chi connectivity index (χ4n) is 2.16. The van der Waals surface area contributed by atoms with E-state index in [0.29, 0.717) is 33.1 Å². The summed E-state index contributed by atoms with van der Waals surface area (Å²) >= 11 is 3.38. The van der Waals surface area contributed by atoms with Gasteiger partial charge in [-0.3, -0.25) is 4.79 Å². The Bertz CT molecular complexity index is 885. The van der Waals surface area contributed by atoms with E-state index in [1.807, 2.05) is 30.3 Å². The van der Waals surface area contributed by atoms with Crippen LogP contribution in [0.4, 0.5) is 5.69 Å². The number of hydrogen-bond donors (Lipinski definition) is 1. The van der Waals surface area contributed by atoms with Crippen LogP contribution in [0.1, 0.15) is 10.4 Å². The van der Waals surface area contributed by atoms with Gasteiger partial charge in [-0.1, -0.05) is 18.2 Å². The summed E-state index contributed by atoms with van der Waals surface area (Å²) in [5.41, 5.74) is 0.930. The van der Waals surface area contributed by atoms with Crippen LogP contribution in [0.5, 0.6) is 17.4 Å². The number of amides is 1. The molecule has 2 aromatic carbocycles. The van der Waals surface area contributed by atoms with Gasteiger partial charge in [0.05, 0.1) is 12.7 Å². The Morgan fingerprint density at radius 3 is 2.60 bits per heavy atom. The minimum Gasteiger partial charge on any atom is -0.497 e. The maximum atomic E-state index is 12.6. The van der Waals surface area contributed by atoms with Crippen LogP contribution >= 0.6 is 15.9 Å². The van der Waals surface area contributed by atoms with E-state index in [4.69, 9.17) is 9.47 Å². The third-order valence-electron chi connectivity index (χ3n) is 3.40. The number of hydrogen-bond acceptors (Lipinski definition) is 4. The van der Waals surface area contributed by atoms with Crippen molar-refractivity contribution in [3.8, 4) is 17.4 Å². The zero-order valence-electron chi connectivity index (χ0n) is 13.4. The Morgan fingerprint density at radius 2 is 1.84 bits per heavy atom. The first-order chi connectivity index (χ1) is 12.2. The zero-order valence-corrected chi connectivity index (χ0v) is 15.0. The molecule has 0 fully saturated rings. The van der Waals surface area contributed by atoms with Crippen LogP contribution in [0, 0.1) is 0 Å². The second kappa shape index (κ2) is 7.81. The lowest BCUT2D eigenvalue weighted by atomic mass is 10.2. The largest absolute Gasteiger partial charge is 0.497 e. The van der Waals surface area contributed by atoms with Gasteiger partial charge in [-0.15, -0.1) is 0 Å². The molecule has 0 aliphatic rings. The molecule has 0 unspecified atom stereocenters. The van der Waals surface area contributed by atoms with Gasteiger partial charge in [0.25, 0.3) is 5.91 Å². The van der Waals surface area contributed by atoms with Crippen molar-refractivity contribution in [3.63, 3.8) is 0 Å². The van der Waals surface area contributed by atoms with Gasteiger partial charge < -0.3 is 14.8 Å². The molecule has 5 nitrogen and oxygen atoms in total. The van der Waals surface area contributed by atoms with Crippen LogP contribution in [0.2, 0.25) is 0 Å². The molecule has 0 spiro atoms. The van der Waals surface area contributed by atoms with E-state index in [9.17, 15) is 4.79 Å². The van der Waals surface area contributed by atoms with Crippen molar-refractivity contribution >= 4 is 27.5 Å². The summed E-state index contributed by atoms with van der Waals surface area (Å²) in [4.78, 5) is 16.8. The highest BCUT2D eigenvalue weighted by molar-refractivity contribution is 9.10. The molecule has 1 heterocycles. The number of ether oxygens (including phenoxy) is 2. The van der Waals surface area contributed by atoms with Crippen molar-refractivity contribution in [3.05, 3.63) is 76.9 Å². The Labute approximate surface area is 153 Å². The van der Waals surface area contributed by atoms with Crippen molar-refractivity contribution in [2.75, 3.05) is 12.4 Å². The molecule has 1 aromatic heterocycles. The van der Waals surface area contributed by atoms with E-state index in [1.54, 1.807) is 43.6 Å². The highest BCUT2D eigenvalue weighted by atomic mass is 79.9. The molecule has 3 aromatic rings. The first-order valence-electron chi connectivity index (χ1n) is 7.50. The summed E-state index contributed by atoms with van der Waals surface area (Å²) < 4.78 is 11.6. The maximum absolute atomic E-state index is 12.6. The number of aromatic nitrogens is 1. The minimum atomic E-state index is -0.295. The first kappa shape index (κ1) is 17.0. The summed E-state index contributed by atoms with van der Waals surface area (Å²) in [6, 6.07) is 17.9. The number of nitrogens with one attached hydrogen (secondary N) is 1. The normalized spacial score (nSPS) is 10.2. The van der Waals surface area contributed by atoms with Gasteiger partial charge in [0, 0.05) is 10.7 Å². The number of halogens is 1. The van der Waals surface area contributed by atoms with Gasteiger partial charge in [-0.2, -0.15) is 0 Å².